The molecule has 1 N–H and O–H groups in total. The molecule has 1 aliphatic carbocycles. The summed E-state index contributed by atoms with van der Waals surface area (Å²) in [5, 5.41) is 3.47. The average Bonchev–Trinajstić information content (AvgIpc) is 3.05. The zero-order chi connectivity index (χ0) is 22.3. The maximum Gasteiger partial charge on any atom is 0.226 e. The van der Waals surface area contributed by atoms with Crippen molar-refractivity contribution in [1.29, 1.82) is 0 Å². The van der Waals surface area contributed by atoms with Crippen LogP contribution in [0.1, 0.15) is 52.5 Å². The monoisotopic (exact) mass is 470 g/mol. The van der Waals surface area contributed by atoms with Crippen LogP contribution in [0.15, 0.2) is 38.5 Å². The third kappa shape index (κ3) is 4.89. The normalized spacial score (nSPS) is 22.0. The van der Waals surface area contributed by atoms with Gasteiger partial charge in [-0.15, -0.1) is 0 Å². The predicted molar refractivity (Wildman–Crippen MR) is 121 cm³/mol. The van der Waals surface area contributed by atoms with Gasteiger partial charge in [-0.3, -0.25) is 0 Å². The third-order valence-corrected chi connectivity index (χ3v) is 10.5. The van der Waals surface area contributed by atoms with Gasteiger partial charge in [0.25, 0.3) is 0 Å². The molecule has 1 fully saturated rings. The summed E-state index contributed by atoms with van der Waals surface area (Å²) < 4.78 is 51.4. The van der Waals surface area contributed by atoms with E-state index in [1.165, 1.54) is 19.1 Å². The first kappa shape index (κ1) is 23.2. The highest BCUT2D eigenvalue weighted by molar-refractivity contribution is 7.94. The van der Waals surface area contributed by atoms with Gasteiger partial charge in [0.15, 0.2) is 5.03 Å². The molecular weight excluding hydrogens is 440 g/mol. The molecule has 1 aliphatic rings. The van der Waals surface area contributed by atoms with Crippen LogP contribution in [-0.2, 0) is 19.7 Å². The van der Waals surface area contributed by atoms with Gasteiger partial charge in [0.05, 0.1) is 10.6 Å². The lowest BCUT2D eigenvalue weighted by atomic mass is 9.71. The van der Waals surface area contributed by atoms with Crippen molar-refractivity contribution in [3.63, 3.8) is 0 Å². The second-order valence-electron chi connectivity index (χ2n) is 9.09. The molecule has 0 spiro atoms. The number of rotatable bonds is 6. The minimum absolute atomic E-state index is 0.0633. The first-order valence-corrected chi connectivity index (χ1v) is 14.1. The van der Waals surface area contributed by atoms with Crippen molar-refractivity contribution < 1.29 is 16.8 Å². The molecule has 0 aliphatic heterocycles. The Bertz CT molecular complexity index is 1120. The van der Waals surface area contributed by atoms with Crippen LogP contribution >= 0.6 is 11.3 Å². The number of nitrogens with zero attached hydrogens (tertiary/aromatic N) is 1. The molecule has 1 heterocycles. The van der Waals surface area contributed by atoms with E-state index in [-0.39, 0.29) is 31.5 Å². The van der Waals surface area contributed by atoms with E-state index < -0.39 is 19.7 Å². The Labute approximate surface area is 184 Å². The number of aromatic nitrogens is 1. The number of hydrogen-bond donors (Lipinski definition) is 1. The minimum atomic E-state index is -3.95. The molecule has 30 heavy (non-hydrogen) atoms. The van der Waals surface area contributed by atoms with Gasteiger partial charge in [-0.1, -0.05) is 56.7 Å². The summed E-state index contributed by atoms with van der Waals surface area (Å²) in [5.41, 5.74) is 1.08. The van der Waals surface area contributed by atoms with Gasteiger partial charge in [-0.2, -0.15) is 0 Å². The molecule has 3 rings (SSSR count). The second-order valence-corrected chi connectivity index (χ2v) is 14.4. The highest BCUT2D eigenvalue weighted by Crippen LogP contribution is 2.42. The van der Waals surface area contributed by atoms with Gasteiger partial charge in [-0.05, 0) is 49.7 Å². The molecule has 2 atom stereocenters. The van der Waals surface area contributed by atoms with E-state index in [1.54, 1.807) is 12.1 Å². The molecule has 1 aromatic carbocycles. The molecule has 9 heteroatoms. The van der Waals surface area contributed by atoms with Crippen LogP contribution in [0.25, 0.3) is 0 Å². The predicted octanol–water partition coefficient (Wildman–Crippen LogP) is 4.70. The quantitative estimate of drug-likeness (QED) is 0.657. The summed E-state index contributed by atoms with van der Waals surface area (Å²) >= 11 is 0.921. The molecule has 166 valence electrons. The third-order valence-electron chi connectivity index (χ3n) is 5.53. The number of sulfone groups is 2. The van der Waals surface area contributed by atoms with E-state index >= 15 is 0 Å². The van der Waals surface area contributed by atoms with Crippen LogP contribution in [0.3, 0.4) is 0 Å². The summed E-state index contributed by atoms with van der Waals surface area (Å²) in [6.45, 7) is 10.0. The van der Waals surface area contributed by atoms with Crippen LogP contribution in [0.5, 0.6) is 0 Å². The first-order chi connectivity index (χ1) is 13.8. The Morgan fingerprint density at radius 2 is 1.77 bits per heavy atom. The van der Waals surface area contributed by atoms with Gasteiger partial charge >= 0.3 is 0 Å². The van der Waals surface area contributed by atoms with E-state index in [9.17, 15) is 16.8 Å². The van der Waals surface area contributed by atoms with Gasteiger partial charge in [-0.25, -0.2) is 21.8 Å². The van der Waals surface area contributed by atoms with Gasteiger partial charge < -0.3 is 5.32 Å². The van der Waals surface area contributed by atoms with E-state index in [2.05, 4.69) is 31.1 Å². The molecule has 6 nitrogen and oxygen atoms in total. The topological polar surface area (TPSA) is 93.2 Å². The van der Waals surface area contributed by atoms with Crippen LogP contribution < -0.4 is 5.32 Å². The highest BCUT2D eigenvalue weighted by atomic mass is 32.2. The van der Waals surface area contributed by atoms with Gasteiger partial charge in [0.2, 0.25) is 24.0 Å². The van der Waals surface area contributed by atoms with E-state index in [1.807, 2.05) is 6.92 Å². The van der Waals surface area contributed by atoms with Crippen molar-refractivity contribution in [3.05, 3.63) is 29.8 Å². The number of benzene rings is 1. The zero-order valence-electron chi connectivity index (χ0n) is 18.1. The Morgan fingerprint density at radius 3 is 2.33 bits per heavy atom. The first-order valence-electron chi connectivity index (χ1n) is 10.2. The lowest BCUT2D eigenvalue weighted by molar-refractivity contribution is 0.178. The van der Waals surface area contributed by atoms with E-state index in [0.717, 1.165) is 36.2 Å². The summed E-state index contributed by atoms with van der Waals surface area (Å²) in [5.74, 6) is 0.368. The minimum Gasteiger partial charge on any atom is -0.372 e. The van der Waals surface area contributed by atoms with Crippen LogP contribution in [-0.4, -0.2) is 33.6 Å². The SMILES string of the molecule is CCS(=O)(=O)c1nc(S(=O)(=O)c2ccc(C)cc2)c(N[C@H]2C[C@@H](C)CC(C)(C)C2)s1. The molecule has 1 aromatic heterocycles. The Hall–Kier alpha value is -1.45. The van der Waals surface area contributed by atoms with Gasteiger partial charge in [0, 0.05) is 6.04 Å². The zero-order valence-corrected chi connectivity index (χ0v) is 20.5. The number of anilines is 1. The molecule has 0 amide bonds. The molecule has 0 unspecified atom stereocenters. The Morgan fingerprint density at radius 1 is 1.13 bits per heavy atom. The lowest BCUT2D eigenvalue weighted by Gasteiger charge is -2.39. The second kappa shape index (κ2) is 8.24. The maximum absolute atomic E-state index is 13.3. The number of thiazole rings is 1. The smallest absolute Gasteiger partial charge is 0.226 e. The molecule has 0 saturated heterocycles. The number of nitrogens with one attached hydrogen (secondary N) is 1. The average molecular weight is 471 g/mol. The van der Waals surface area contributed by atoms with Crippen molar-refractivity contribution in [3.8, 4) is 0 Å². The summed E-state index contributed by atoms with van der Waals surface area (Å²) in [6, 6.07) is 6.58. The fourth-order valence-corrected chi connectivity index (χ4v) is 8.35. The van der Waals surface area contributed by atoms with Crippen molar-refractivity contribution >= 4 is 36.0 Å². The van der Waals surface area contributed by atoms with Crippen molar-refractivity contribution in [2.75, 3.05) is 11.1 Å². The van der Waals surface area contributed by atoms with Crippen molar-refractivity contribution in [2.24, 2.45) is 11.3 Å². The fraction of sp³-hybridized carbons (Fsp3) is 0.571. The van der Waals surface area contributed by atoms with Crippen molar-refractivity contribution in [1.82, 2.24) is 4.98 Å². The summed E-state index contributed by atoms with van der Waals surface area (Å²) in [7, 11) is -7.58. The maximum atomic E-state index is 13.3. The lowest BCUT2D eigenvalue weighted by Crippen LogP contribution is -2.35. The largest absolute Gasteiger partial charge is 0.372 e. The molecule has 2 aromatic rings. The molecule has 1 saturated carbocycles. The summed E-state index contributed by atoms with van der Waals surface area (Å²) in [6.07, 6.45) is 2.90. The van der Waals surface area contributed by atoms with Crippen molar-refractivity contribution in [2.45, 2.75) is 74.2 Å². The molecule has 0 radical (unpaired) electrons. The van der Waals surface area contributed by atoms with Crippen LogP contribution in [0.2, 0.25) is 0 Å². The van der Waals surface area contributed by atoms with Crippen LogP contribution in [0.4, 0.5) is 5.00 Å². The van der Waals surface area contributed by atoms with Gasteiger partial charge in [0.1, 0.15) is 5.00 Å². The molecule has 0 bridgehead atoms. The Balaban J connectivity index is 2.07. The number of hydrogen-bond acceptors (Lipinski definition) is 7. The summed E-state index contributed by atoms with van der Waals surface area (Å²) in [4.78, 5) is 4.23. The number of aryl methyl sites for hydroxylation is 1. The standard InChI is InChI=1S/C21H30N2O4S3/c1-6-29(24,25)20-23-19(30(26,27)17-9-7-14(2)8-10-17)18(28-20)22-16-11-15(3)12-21(4,5)13-16/h7-10,15-16,22H,6,11-13H2,1-5H3/t15-,16+/m1/s1. The fourth-order valence-electron chi connectivity index (χ4n) is 4.29. The molecular formula is C21H30N2O4S3. The highest BCUT2D eigenvalue weighted by Gasteiger charge is 2.35. The van der Waals surface area contributed by atoms with E-state index in [4.69, 9.17) is 0 Å². The van der Waals surface area contributed by atoms with Crippen LogP contribution in [0, 0.1) is 18.3 Å². The van der Waals surface area contributed by atoms with E-state index in [0.29, 0.717) is 10.9 Å². The Kier molecular flexibility index (Phi) is 6.38.